The fourth-order valence-corrected chi connectivity index (χ4v) is 5.27. The molecule has 0 radical (unpaired) electrons. The molecule has 1 aliphatic rings. The van der Waals surface area contributed by atoms with E-state index >= 15 is 0 Å². The van der Waals surface area contributed by atoms with Gasteiger partial charge in [0.2, 0.25) is 0 Å². The van der Waals surface area contributed by atoms with Crippen molar-refractivity contribution in [3.8, 4) is 5.75 Å². The second-order valence-electron chi connectivity index (χ2n) is 10.8. The van der Waals surface area contributed by atoms with Gasteiger partial charge in [-0.05, 0) is 79.3 Å². The third-order valence-electron chi connectivity index (χ3n) is 6.98. The first-order valence-corrected chi connectivity index (χ1v) is 13.7. The Hall–Kier alpha value is -3.28. The number of carbonyl (C=O) groups is 2. The summed E-state index contributed by atoms with van der Waals surface area (Å²) < 4.78 is 76.7. The average Bonchev–Trinajstić information content (AvgIpc) is 2.88. The van der Waals surface area contributed by atoms with Crippen molar-refractivity contribution in [3.63, 3.8) is 0 Å². The number of halogens is 6. The van der Waals surface area contributed by atoms with Gasteiger partial charge in [-0.15, -0.1) is 0 Å². The van der Waals surface area contributed by atoms with E-state index in [2.05, 4.69) is 30.9 Å². The van der Waals surface area contributed by atoms with Crippen molar-refractivity contribution in [2.45, 2.75) is 77.3 Å². The summed E-state index contributed by atoms with van der Waals surface area (Å²) in [7, 11) is 0. The molecule has 2 aromatic rings. The molecular formula is C30H37F6NO5. The molecule has 2 N–H and O–H groups in total. The number of hydrogen-bond acceptors (Lipinski definition) is 4. The summed E-state index contributed by atoms with van der Waals surface area (Å²) in [5.74, 6) is -2.37. The van der Waals surface area contributed by atoms with Crippen LogP contribution in [0.5, 0.6) is 5.75 Å². The first-order valence-electron chi connectivity index (χ1n) is 13.7. The molecule has 42 heavy (non-hydrogen) atoms. The van der Waals surface area contributed by atoms with Gasteiger partial charge in [0, 0.05) is 25.6 Å². The molecule has 0 spiro atoms. The van der Waals surface area contributed by atoms with Crippen molar-refractivity contribution in [2.24, 2.45) is 11.8 Å². The van der Waals surface area contributed by atoms with Crippen LogP contribution in [0.2, 0.25) is 0 Å². The van der Waals surface area contributed by atoms with E-state index in [0.29, 0.717) is 18.9 Å². The van der Waals surface area contributed by atoms with Crippen LogP contribution in [0.3, 0.4) is 0 Å². The maximum Gasteiger partial charge on any atom is 0.490 e. The van der Waals surface area contributed by atoms with Crippen LogP contribution >= 0.6 is 0 Å². The fourth-order valence-electron chi connectivity index (χ4n) is 5.27. The van der Waals surface area contributed by atoms with E-state index in [1.54, 1.807) is 12.1 Å². The zero-order chi connectivity index (χ0) is 31.7. The molecule has 0 aromatic heterocycles. The Bertz CT molecular complexity index is 1130. The fraction of sp³-hybridized carbons (Fsp3) is 0.533. The van der Waals surface area contributed by atoms with Gasteiger partial charge in [0.15, 0.2) is 0 Å². The van der Waals surface area contributed by atoms with Crippen LogP contribution in [0.25, 0.3) is 0 Å². The first-order chi connectivity index (χ1) is 19.5. The van der Waals surface area contributed by atoms with Gasteiger partial charge in [-0.25, -0.2) is 4.79 Å². The summed E-state index contributed by atoms with van der Waals surface area (Å²) >= 11 is 0. The number of aliphatic carboxylic acids is 2. The maximum absolute atomic E-state index is 13.2. The van der Waals surface area contributed by atoms with E-state index in [1.165, 1.54) is 0 Å². The highest BCUT2D eigenvalue weighted by Gasteiger charge is 2.38. The van der Waals surface area contributed by atoms with Gasteiger partial charge in [0.1, 0.15) is 5.75 Å². The lowest BCUT2D eigenvalue weighted by molar-refractivity contribution is -0.192. The minimum absolute atomic E-state index is 0.0161. The van der Waals surface area contributed by atoms with E-state index in [-0.39, 0.29) is 24.3 Å². The van der Waals surface area contributed by atoms with E-state index in [0.717, 1.165) is 54.9 Å². The van der Waals surface area contributed by atoms with E-state index in [9.17, 15) is 36.2 Å². The van der Waals surface area contributed by atoms with Crippen molar-refractivity contribution in [3.05, 3.63) is 65.2 Å². The summed E-state index contributed by atoms with van der Waals surface area (Å²) in [6.07, 6.45) is -7.11. The molecular weight excluding hydrogens is 568 g/mol. The Morgan fingerprint density at radius 1 is 0.952 bits per heavy atom. The molecule has 0 unspecified atom stereocenters. The Morgan fingerprint density at radius 2 is 1.52 bits per heavy atom. The number of carboxylic acids is 2. The Labute approximate surface area is 241 Å². The van der Waals surface area contributed by atoms with Crippen molar-refractivity contribution < 1.29 is 50.9 Å². The predicted octanol–water partition coefficient (Wildman–Crippen LogP) is 7.62. The number of alkyl halides is 6. The number of nitrogens with zero attached hydrogens (tertiary/aromatic N) is 1. The Balaban J connectivity index is 0.000000782. The van der Waals surface area contributed by atoms with Gasteiger partial charge in [-0.2, -0.15) is 26.3 Å². The summed E-state index contributed by atoms with van der Waals surface area (Å²) in [5.41, 5.74) is 1.33. The van der Waals surface area contributed by atoms with E-state index in [1.807, 2.05) is 19.1 Å². The van der Waals surface area contributed by atoms with Gasteiger partial charge in [0.25, 0.3) is 0 Å². The SMILES string of the molecule is CCOc1ccc(CN(CC(C)C)[C@@H]2CC[C@@H](CC(=O)O)C[C@H]2c2ccc(C(F)(F)F)cc2)cc1.O=C(O)C(F)(F)F. The molecule has 234 valence electrons. The quantitative estimate of drug-likeness (QED) is 0.271. The highest BCUT2D eigenvalue weighted by Crippen LogP contribution is 2.42. The molecule has 1 fully saturated rings. The van der Waals surface area contributed by atoms with Crippen LogP contribution < -0.4 is 4.74 Å². The third kappa shape index (κ3) is 11.2. The lowest BCUT2D eigenvalue weighted by Crippen LogP contribution is -2.44. The van der Waals surface area contributed by atoms with Gasteiger partial charge in [-0.3, -0.25) is 9.69 Å². The zero-order valence-electron chi connectivity index (χ0n) is 23.7. The minimum atomic E-state index is -5.08. The molecule has 0 bridgehead atoms. The van der Waals surface area contributed by atoms with Gasteiger partial charge < -0.3 is 14.9 Å². The summed E-state index contributed by atoms with van der Waals surface area (Å²) in [6, 6.07) is 13.6. The smallest absolute Gasteiger partial charge is 0.490 e. The molecule has 12 heteroatoms. The molecule has 3 rings (SSSR count). The topological polar surface area (TPSA) is 87.1 Å². The monoisotopic (exact) mass is 605 g/mol. The lowest BCUT2D eigenvalue weighted by Gasteiger charge is -2.43. The van der Waals surface area contributed by atoms with Crippen LogP contribution in [0.15, 0.2) is 48.5 Å². The number of rotatable bonds is 10. The second kappa shape index (κ2) is 15.3. The van der Waals surface area contributed by atoms with Gasteiger partial charge in [0.05, 0.1) is 12.2 Å². The zero-order valence-corrected chi connectivity index (χ0v) is 23.7. The molecule has 0 saturated heterocycles. The molecule has 2 aromatic carbocycles. The summed E-state index contributed by atoms with van der Waals surface area (Å²) in [5, 5.41) is 16.5. The summed E-state index contributed by atoms with van der Waals surface area (Å²) in [6.45, 7) is 8.44. The maximum atomic E-state index is 13.2. The first kappa shape index (κ1) is 34.9. The third-order valence-corrected chi connectivity index (χ3v) is 6.98. The van der Waals surface area contributed by atoms with Crippen LogP contribution in [-0.2, 0) is 22.3 Å². The van der Waals surface area contributed by atoms with Crippen LogP contribution in [0.4, 0.5) is 26.3 Å². The lowest BCUT2D eigenvalue weighted by atomic mass is 9.72. The number of hydrogen-bond donors (Lipinski definition) is 2. The normalized spacial score (nSPS) is 19.3. The summed E-state index contributed by atoms with van der Waals surface area (Å²) in [4.78, 5) is 22.7. The van der Waals surface area contributed by atoms with Gasteiger partial charge in [-0.1, -0.05) is 38.1 Å². The molecule has 0 heterocycles. The number of ether oxygens (including phenoxy) is 1. The number of benzene rings is 2. The predicted molar refractivity (Wildman–Crippen MR) is 144 cm³/mol. The van der Waals surface area contributed by atoms with Gasteiger partial charge >= 0.3 is 24.3 Å². The van der Waals surface area contributed by atoms with Crippen LogP contribution in [-0.4, -0.2) is 52.4 Å². The standard InChI is InChI=1S/C28H36F3NO3.C2HF3O2/c1-4-35-24-12-5-20(6-13-24)18-32(17-19(2)3)26-14-7-21(16-27(33)34)15-25(26)22-8-10-23(11-9-22)28(29,30)31;3-2(4,5)1(6)7/h5-6,8-13,19,21,25-26H,4,7,14-18H2,1-3H3,(H,33,34);(H,6,7)/t21-,25+,26-;/m1./s1. The molecule has 1 saturated carbocycles. The highest BCUT2D eigenvalue weighted by molar-refractivity contribution is 5.73. The minimum Gasteiger partial charge on any atom is -0.494 e. The van der Waals surface area contributed by atoms with Crippen molar-refractivity contribution in [1.29, 1.82) is 0 Å². The highest BCUT2D eigenvalue weighted by atomic mass is 19.4. The molecule has 6 nitrogen and oxygen atoms in total. The number of carboxylic acid groups (broad SMARTS) is 2. The van der Waals surface area contributed by atoms with Crippen molar-refractivity contribution >= 4 is 11.9 Å². The van der Waals surface area contributed by atoms with Crippen LogP contribution in [0, 0.1) is 11.8 Å². The Kier molecular flexibility index (Phi) is 12.7. The van der Waals surface area contributed by atoms with Crippen molar-refractivity contribution in [2.75, 3.05) is 13.2 Å². The molecule has 3 atom stereocenters. The van der Waals surface area contributed by atoms with E-state index in [4.69, 9.17) is 14.6 Å². The average molecular weight is 606 g/mol. The van der Waals surface area contributed by atoms with Crippen LogP contribution in [0.1, 0.15) is 69.1 Å². The molecule has 0 aliphatic heterocycles. The largest absolute Gasteiger partial charge is 0.494 e. The molecule has 1 aliphatic carbocycles. The Morgan fingerprint density at radius 3 is 1.98 bits per heavy atom. The molecule has 0 amide bonds. The van der Waals surface area contributed by atoms with E-state index < -0.39 is 29.9 Å². The second-order valence-corrected chi connectivity index (χ2v) is 10.8. The van der Waals surface area contributed by atoms with Crippen molar-refractivity contribution in [1.82, 2.24) is 4.90 Å².